The number of likely N-dealkylation sites (N-methyl/N-ethyl adjacent to an activating group) is 1. The molecular weight excluding hydrogens is 256 g/mol. The molecule has 0 aliphatic carbocycles. The molecule has 1 aliphatic heterocycles. The van der Waals surface area contributed by atoms with Crippen molar-refractivity contribution in [1.82, 2.24) is 10.2 Å². The number of hydrogen-bond acceptors (Lipinski definition) is 3. The lowest BCUT2D eigenvalue weighted by Gasteiger charge is -2.22. The predicted octanol–water partition coefficient (Wildman–Crippen LogP) is 2.93. The Morgan fingerprint density at radius 3 is 2.58 bits per heavy atom. The van der Waals surface area contributed by atoms with Gasteiger partial charge in [0.05, 0.1) is 24.0 Å². The van der Waals surface area contributed by atoms with E-state index in [1.54, 1.807) is 7.11 Å². The third-order valence-corrected chi connectivity index (χ3v) is 3.01. The van der Waals surface area contributed by atoms with Gasteiger partial charge in [0.1, 0.15) is 5.75 Å². The van der Waals surface area contributed by atoms with Gasteiger partial charge in [0, 0.05) is 18.8 Å². The van der Waals surface area contributed by atoms with Crippen LogP contribution in [0.3, 0.4) is 0 Å². The van der Waals surface area contributed by atoms with Crippen LogP contribution in [0.2, 0.25) is 0 Å². The van der Waals surface area contributed by atoms with Crippen LogP contribution in [0.25, 0.3) is 5.70 Å². The summed E-state index contributed by atoms with van der Waals surface area (Å²) in [5.74, 6) is 0.836. The molecule has 0 saturated heterocycles. The van der Waals surface area contributed by atoms with Gasteiger partial charge in [-0.05, 0) is 36.4 Å². The number of benzene rings is 1. The fourth-order valence-electron chi connectivity index (χ4n) is 1.90. The van der Waals surface area contributed by atoms with Crippen molar-refractivity contribution in [2.24, 2.45) is 0 Å². The molecule has 1 aromatic rings. The van der Waals surface area contributed by atoms with Crippen molar-refractivity contribution in [3.63, 3.8) is 0 Å². The number of nitrogens with zero attached hydrogens (tertiary/aromatic N) is 1. The standard InChI is InChI=1S/C15H16N2OS/c1-17-10-4-3-5-14(17)15(16-11-19)12-6-8-13(18-2)9-7-12/h3-11H,1-2H3,(H,16,19)/b15-14-. The van der Waals surface area contributed by atoms with E-state index >= 15 is 0 Å². The van der Waals surface area contributed by atoms with Crippen LogP contribution in [0.4, 0.5) is 0 Å². The molecule has 1 heterocycles. The summed E-state index contributed by atoms with van der Waals surface area (Å²) in [6, 6.07) is 7.88. The summed E-state index contributed by atoms with van der Waals surface area (Å²) in [5, 5.41) is 3.14. The number of allylic oxidation sites excluding steroid dienone is 3. The fraction of sp³-hybridized carbons (Fsp3) is 0.133. The highest BCUT2D eigenvalue weighted by Gasteiger charge is 2.11. The van der Waals surface area contributed by atoms with Gasteiger partial charge in [0.2, 0.25) is 0 Å². The molecule has 1 aliphatic rings. The average Bonchev–Trinajstić information content (AvgIpc) is 2.46. The summed E-state index contributed by atoms with van der Waals surface area (Å²) >= 11 is 4.93. The van der Waals surface area contributed by atoms with Crippen molar-refractivity contribution in [1.29, 1.82) is 0 Å². The van der Waals surface area contributed by atoms with Crippen molar-refractivity contribution < 1.29 is 4.74 Å². The Morgan fingerprint density at radius 1 is 1.26 bits per heavy atom. The Balaban J connectivity index is 2.44. The molecule has 98 valence electrons. The zero-order valence-electron chi connectivity index (χ0n) is 11.0. The maximum atomic E-state index is 5.18. The summed E-state index contributed by atoms with van der Waals surface area (Å²) < 4.78 is 5.18. The molecule has 0 unspecified atom stereocenters. The van der Waals surface area contributed by atoms with Gasteiger partial charge in [0.15, 0.2) is 0 Å². The van der Waals surface area contributed by atoms with Crippen molar-refractivity contribution in [2.45, 2.75) is 0 Å². The van der Waals surface area contributed by atoms with Crippen LogP contribution in [-0.2, 0) is 0 Å². The molecule has 0 atom stereocenters. The summed E-state index contributed by atoms with van der Waals surface area (Å²) in [5.41, 5.74) is 4.62. The Labute approximate surface area is 118 Å². The van der Waals surface area contributed by atoms with E-state index in [-0.39, 0.29) is 0 Å². The molecule has 19 heavy (non-hydrogen) atoms. The van der Waals surface area contributed by atoms with Crippen molar-refractivity contribution >= 4 is 23.4 Å². The SMILES string of the molecule is COc1ccc(/C(NC=S)=C2\C=CC=CN2C)cc1. The number of hydrogen-bond donors (Lipinski definition) is 1. The van der Waals surface area contributed by atoms with E-state index in [1.807, 2.05) is 60.6 Å². The van der Waals surface area contributed by atoms with Crippen LogP contribution in [0.15, 0.2) is 54.4 Å². The lowest BCUT2D eigenvalue weighted by Crippen LogP contribution is -2.19. The zero-order chi connectivity index (χ0) is 13.7. The third-order valence-electron chi connectivity index (χ3n) is 2.89. The molecule has 0 amide bonds. The maximum absolute atomic E-state index is 5.18. The molecule has 0 radical (unpaired) electrons. The lowest BCUT2D eigenvalue weighted by molar-refractivity contribution is 0.415. The molecule has 3 nitrogen and oxygen atoms in total. The van der Waals surface area contributed by atoms with Crippen LogP contribution in [0, 0.1) is 0 Å². The summed E-state index contributed by atoms with van der Waals surface area (Å²) in [6.07, 6.45) is 8.05. The van der Waals surface area contributed by atoms with Gasteiger partial charge in [-0.15, -0.1) is 0 Å². The van der Waals surface area contributed by atoms with Gasteiger partial charge in [-0.25, -0.2) is 0 Å². The second kappa shape index (κ2) is 6.20. The summed E-state index contributed by atoms with van der Waals surface area (Å²) in [7, 11) is 3.66. The molecule has 0 bridgehead atoms. The van der Waals surface area contributed by atoms with Crippen LogP contribution < -0.4 is 10.1 Å². The van der Waals surface area contributed by atoms with Gasteiger partial charge in [-0.1, -0.05) is 18.3 Å². The smallest absolute Gasteiger partial charge is 0.118 e. The van der Waals surface area contributed by atoms with Crippen molar-refractivity contribution in [3.05, 3.63) is 60.0 Å². The normalized spacial score (nSPS) is 16.2. The highest BCUT2D eigenvalue weighted by molar-refractivity contribution is 7.78. The molecule has 0 saturated carbocycles. The molecule has 0 aromatic heterocycles. The minimum Gasteiger partial charge on any atom is -0.497 e. The molecule has 1 N–H and O–H groups in total. The van der Waals surface area contributed by atoms with E-state index in [4.69, 9.17) is 17.0 Å². The summed E-state index contributed by atoms with van der Waals surface area (Å²) in [6.45, 7) is 0. The monoisotopic (exact) mass is 272 g/mol. The second-order valence-electron chi connectivity index (χ2n) is 4.06. The number of rotatable bonds is 4. The van der Waals surface area contributed by atoms with E-state index in [0.29, 0.717) is 0 Å². The number of nitrogens with one attached hydrogen (secondary N) is 1. The van der Waals surface area contributed by atoms with Crippen LogP contribution >= 0.6 is 12.2 Å². The highest BCUT2D eigenvalue weighted by atomic mass is 32.1. The fourth-order valence-corrected chi connectivity index (χ4v) is 2.02. The van der Waals surface area contributed by atoms with E-state index < -0.39 is 0 Å². The minimum atomic E-state index is 0.836. The lowest BCUT2D eigenvalue weighted by atomic mass is 10.1. The Kier molecular flexibility index (Phi) is 4.36. The van der Waals surface area contributed by atoms with E-state index in [2.05, 4.69) is 5.32 Å². The first kappa shape index (κ1) is 13.4. The highest BCUT2D eigenvalue weighted by Crippen LogP contribution is 2.23. The van der Waals surface area contributed by atoms with Gasteiger partial charge in [0.25, 0.3) is 0 Å². The van der Waals surface area contributed by atoms with Gasteiger partial charge >= 0.3 is 0 Å². The molecule has 2 rings (SSSR count). The van der Waals surface area contributed by atoms with Crippen LogP contribution in [0.1, 0.15) is 5.56 Å². The molecule has 1 aromatic carbocycles. The van der Waals surface area contributed by atoms with E-state index in [9.17, 15) is 0 Å². The third kappa shape index (κ3) is 3.03. The Bertz CT molecular complexity index is 544. The first-order valence-electron chi connectivity index (χ1n) is 5.93. The number of thiocarbonyl (C=S) groups is 1. The van der Waals surface area contributed by atoms with Crippen molar-refractivity contribution in [3.8, 4) is 5.75 Å². The van der Waals surface area contributed by atoms with E-state index in [0.717, 1.165) is 22.7 Å². The van der Waals surface area contributed by atoms with E-state index in [1.165, 1.54) is 5.49 Å². The second-order valence-corrected chi connectivity index (χ2v) is 4.30. The Morgan fingerprint density at radius 2 is 2.00 bits per heavy atom. The quantitative estimate of drug-likeness (QED) is 0.852. The van der Waals surface area contributed by atoms with Gasteiger partial charge in [-0.2, -0.15) is 0 Å². The Hall–Kier alpha value is -2.07. The van der Waals surface area contributed by atoms with Gasteiger partial charge < -0.3 is 15.0 Å². The number of methoxy groups -OCH3 is 1. The minimum absolute atomic E-state index is 0.836. The first-order valence-corrected chi connectivity index (χ1v) is 6.40. The number of ether oxygens (including phenoxy) is 1. The molecular formula is C15H16N2OS. The molecule has 0 fully saturated rings. The molecule has 4 heteroatoms. The molecule has 0 spiro atoms. The summed E-state index contributed by atoms with van der Waals surface area (Å²) in [4.78, 5) is 2.05. The first-order chi connectivity index (χ1) is 9.26. The van der Waals surface area contributed by atoms with Gasteiger partial charge in [-0.3, -0.25) is 0 Å². The van der Waals surface area contributed by atoms with Crippen LogP contribution in [0.5, 0.6) is 5.75 Å². The largest absolute Gasteiger partial charge is 0.497 e. The average molecular weight is 272 g/mol. The topological polar surface area (TPSA) is 24.5 Å². The predicted molar refractivity (Wildman–Crippen MR) is 82.7 cm³/mol. The zero-order valence-corrected chi connectivity index (χ0v) is 11.8. The van der Waals surface area contributed by atoms with Crippen molar-refractivity contribution in [2.75, 3.05) is 14.2 Å². The van der Waals surface area contributed by atoms with Crippen LogP contribution in [-0.4, -0.2) is 24.5 Å². The maximum Gasteiger partial charge on any atom is 0.118 e.